The standard InChI is InChI=1S/C22H30N2O3S/c1-18(2)15-19-7-9-22(10-8-19)28(25,26)24-13-11-23(12-14-24)17-20-5-4-6-21(16-20)27-3/h4-10,16,18H,11-15,17H2,1-3H3. The first-order valence-electron chi connectivity index (χ1n) is 9.83. The number of hydrogen-bond donors (Lipinski definition) is 0. The highest BCUT2D eigenvalue weighted by Gasteiger charge is 2.28. The molecule has 2 aromatic carbocycles. The fourth-order valence-corrected chi connectivity index (χ4v) is 5.00. The number of benzene rings is 2. The fourth-order valence-electron chi connectivity index (χ4n) is 3.57. The summed E-state index contributed by atoms with van der Waals surface area (Å²) < 4.78 is 32.8. The molecule has 0 unspecified atom stereocenters. The molecule has 0 saturated carbocycles. The van der Waals surface area contributed by atoms with Crippen molar-refractivity contribution in [1.82, 2.24) is 9.21 Å². The van der Waals surface area contributed by atoms with Gasteiger partial charge in [0.15, 0.2) is 0 Å². The normalized spacial score (nSPS) is 16.4. The fraction of sp³-hybridized carbons (Fsp3) is 0.455. The number of piperazine rings is 1. The predicted molar refractivity (Wildman–Crippen MR) is 112 cm³/mol. The van der Waals surface area contributed by atoms with Crippen LogP contribution in [0.15, 0.2) is 53.4 Å². The second-order valence-corrected chi connectivity index (χ2v) is 9.71. The van der Waals surface area contributed by atoms with E-state index in [0.29, 0.717) is 23.9 Å². The van der Waals surface area contributed by atoms with E-state index in [4.69, 9.17) is 4.74 Å². The molecule has 6 heteroatoms. The van der Waals surface area contributed by atoms with Crippen LogP contribution in [0, 0.1) is 5.92 Å². The maximum atomic E-state index is 13.0. The molecule has 0 aliphatic carbocycles. The third kappa shape index (κ3) is 5.13. The molecule has 1 fully saturated rings. The summed E-state index contributed by atoms with van der Waals surface area (Å²) in [5, 5.41) is 0. The molecule has 0 spiro atoms. The Hall–Kier alpha value is -1.89. The van der Waals surface area contributed by atoms with Crippen molar-refractivity contribution in [2.24, 2.45) is 5.92 Å². The van der Waals surface area contributed by atoms with Crippen molar-refractivity contribution < 1.29 is 13.2 Å². The molecule has 0 amide bonds. The molecule has 5 nitrogen and oxygen atoms in total. The molecule has 1 aliphatic rings. The Bertz CT molecular complexity index is 871. The zero-order valence-corrected chi connectivity index (χ0v) is 17.8. The van der Waals surface area contributed by atoms with Crippen LogP contribution in [0.3, 0.4) is 0 Å². The number of hydrogen-bond acceptors (Lipinski definition) is 4. The lowest BCUT2D eigenvalue weighted by atomic mass is 10.0. The molecular weight excluding hydrogens is 372 g/mol. The van der Waals surface area contributed by atoms with E-state index in [-0.39, 0.29) is 0 Å². The van der Waals surface area contributed by atoms with Crippen molar-refractivity contribution in [2.45, 2.75) is 31.7 Å². The molecule has 0 radical (unpaired) electrons. The van der Waals surface area contributed by atoms with Crippen LogP contribution in [-0.2, 0) is 23.0 Å². The van der Waals surface area contributed by atoms with Gasteiger partial charge in [0.25, 0.3) is 0 Å². The monoisotopic (exact) mass is 402 g/mol. The Labute approximate surface area is 169 Å². The molecule has 3 rings (SSSR count). The number of sulfonamides is 1. The Morgan fingerprint density at radius 2 is 1.64 bits per heavy atom. The van der Waals surface area contributed by atoms with Gasteiger partial charge < -0.3 is 4.74 Å². The smallest absolute Gasteiger partial charge is 0.243 e. The van der Waals surface area contributed by atoms with Crippen LogP contribution in [0.5, 0.6) is 5.75 Å². The molecular formula is C22H30N2O3S. The third-order valence-corrected chi connectivity index (χ3v) is 6.99. The molecule has 1 heterocycles. The first-order chi connectivity index (χ1) is 13.4. The van der Waals surface area contributed by atoms with Gasteiger partial charge in [-0.2, -0.15) is 4.31 Å². The Morgan fingerprint density at radius 3 is 2.25 bits per heavy atom. The lowest BCUT2D eigenvalue weighted by molar-refractivity contribution is 0.181. The van der Waals surface area contributed by atoms with E-state index >= 15 is 0 Å². The minimum absolute atomic E-state index is 0.390. The van der Waals surface area contributed by atoms with Crippen molar-refractivity contribution in [3.63, 3.8) is 0 Å². The van der Waals surface area contributed by atoms with Crippen LogP contribution in [0.25, 0.3) is 0 Å². The van der Waals surface area contributed by atoms with E-state index in [2.05, 4.69) is 24.8 Å². The van der Waals surface area contributed by atoms with Crippen LogP contribution in [0.4, 0.5) is 0 Å². The van der Waals surface area contributed by atoms with Crippen LogP contribution in [0.2, 0.25) is 0 Å². The minimum atomic E-state index is -3.43. The quantitative estimate of drug-likeness (QED) is 0.712. The summed E-state index contributed by atoms with van der Waals surface area (Å²) in [7, 11) is -1.76. The highest BCUT2D eigenvalue weighted by Crippen LogP contribution is 2.21. The number of nitrogens with zero attached hydrogens (tertiary/aromatic N) is 2. The molecule has 0 N–H and O–H groups in total. The van der Waals surface area contributed by atoms with Gasteiger partial charge in [-0.25, -0.2) is 8.42 Å². The molecule has 0 atom stereocenters. The van der Waals surface area contributed by atoms with Gasteiger partial charge in [-0.15, -0.1) is 0 Å². The lowest BCUT2D eigenvalue weighted by Gasteiger charge is -2.34. The maximum absolute atomic E-state index is 13.0. The molecule has 0 bridgehead atoms. The topological polar surface area (TPSA) is 49.9 Å². The number of methoxy groups -OCH3 is 1. The Kier molecular flexibility index (Phi) is 6.75. The average Bonchev–Trinajstić information content (AvgIpc) is 2.68. The van der Waals surface area contributed by atoms with Gasteiger partial charge in [-0.05, 0) is 47.7 Å². The van der Waals surface area contributed by atoms with Gasteiger partial charge in [0.2, 0.25) is 10.0 Å². The number of rotatable bonds is 7. The highest BCUT2D eigenvalue weighted by atomic mass is 32.2. The summed E-state index contributed by atoms with van der Waals surface area (Å²) >= 11 is 0. The summed E-state index contributed by atoms with van der Waals surface area (Å²) in [4.78, 5) is 2.67. The van der Waals surface area contributed by atoms with Gasteiger partial charge in [0.1, 0.15) is 5.75 Å². The van der Waals surface area contributed by atoms with Crippen LogP contribution >= 0.6 is 0 Å². The van der Waals surface area contributed by atoms with Crippen molar-refractivity contribution in [2.75, 3.05) is 33.3 Å². The molecule has 1 saturated heterocycles. The summed E-state index contributed by atoms with van der Waals surface area (Å²) in [6, 6.07) is 15.4. The zero-order chi connectivity index (χ0) is 20.1. The second-order valence-electron chi connectivity index (χ2n) is 7.77. The van der Waals surface area contributed by atoms with Crippen molar-refractivity contribution in [3.8, 4) is 5.75 Å². The molecule has 28 heavy (non-hydrogen) atoms. The van der Waals surface area contributed by atoms with E-state index in [1.165, 1.54) is 11.1 Å². The van der Waals surface area contributed by atoms with Crippen LogP contribution in [0.1, 0.15) is 25.0 Å². The summed E-state index contributed by atoms with van der Waals surface area (Å²) in [5.74, 6) is 1.40. The lowest BCUT2D eigenvalue weighted by Crippen LogP contribution is -2.48. The first kappa shape index (κ1) is 20.8. The second kappa shape index (κ2) is 9.07. The Morgan fingerprint density at radius 1 is 0.964 bits per heavy atom. The van der Waals surface area contributed by atoms with Crippen molar-refractivity contribution in [3.05, 3.63) is 59.7 Å². The van der Waals surface area contributed by atoms with Gasteiger partial charge in [-0.1, -0.05) is 38.1 Å². The van der Waals surface area contributed by atoms with Crippen LogP contribution in [-0.4, -0.2) is 50.9 Å². The SMILES string of the molecule is COc1cccc(CN2CCN(S(=O)(=O)c3ccc(CC(C)C)cc3)CC2)c1. The van der Waals surface area contributed by atoms with Crippen molar-refractivity contribution in [1.29, 1.82) is 0 Å². The molecule has 0 aromatic heterocycles. The highest BCUT2D eigenvalue weighted by molar-refractivity contribution is 7.89. The van der Waals surface area contributed by atoms with Gasteiger partial charge in [0.05, 0.1) is 12.0 Å². The van der Waals surface area contributed by atoms with E-state index in [1.54, 1.807) is 23.5 Å². The van der Waals surface area contributed by atoms with Gasteiger partial charge in [0, 0.05) is 32.7 Å². The van der Waals surface area contributed by atoms with Crippen LogP contribution < -0.4 is 4.74 Å². The Balaban J connectivity index is 1.60. The van der Waals surface area contributed by atoms with E-state index in [9.17, 15) is 8.42 Å². The largest absolute Gasteiger partial charge is 0.497 e. The predicted octanol–water partition coefficient (Wildman–Crippen LogP) is 3.40. The number of ether oxygens (including phenoxy) is 1. The summed E-state index contributed by atoms with van der Waals surface area (Å²) in [6.45, 7) is 7.60. The summed E-state index contributed by atoms with van der Waals surface area (Å²) in [5.41, 5.74) is 2.36. The van der Waals surface area contributed by atoms with Gasteiger partial charge in [-0.3, -0.25) is 4.90 Å². The molecule has 2 aromatic rings. The van der Waals surface area contributed by atoms with E-state index < -0.39 is 10.0 Å². The van der Waals surface area contributed by atoms with Gasteiger partial charge >= 0.3 is 0 Å². The molecule has 152 valence electrons. The van der Waals surface area contributed by atoms with E-state index in [0.717, 1.165) is 31.8 Å². The summed E-state index contributed by atoms with van der Waals surface area (Å²) in [6.07, 6.45) is 0.962. The van der Waals surface area contributed by atoms with E-state index in [1.807, 2.05) is 30.3 Å². The third-order valence-electron chi connectivity index (χ3n) is 5.08. The average molecular weight is 403 g/mol. The van der Waals surface area contributed by atoms with Crippen molar-refractivity contribution >= 4 is 10.0 Å². The minimum Gasteiger partial charge on any atom is -0.497 e. The maximum Gasteiger partial charge on any atom is 0.243 e. The zero-order valence-electron chi connectivity index (χ0n) is 17.0. The molecule has 1 aliphatic heterocycles. The first-order valence-corrected chi connectivity index (χ1v) is 11.3.